The van der Waals surface area contributed by atoms with Crippen LogP contribution in [0.3, 0.4) is 0 Å². The van der Waals surface area contributed by atoms with Crippen LogP contribution in [0.2, 0.25) is 0 Å². The summed E-state index contributed by atoms with van der Waals surface area (Å²) in [7, 11) is 0. The van der Waals surface area contributed by atoms with Gasteiger partial charge in [0.2, 0.25) is 5.91 Å². The van der Waals surface area contributed by atoms with Gasteiger partial charge in [0.05, 0.1) is 17.7 Å². The Hall–Kier alpha value is -2.84. The van der Waals surface area contributed by atoms with Gasteiger partial charge in [0.1, 0.15) is 5.76 Å². The van der Waals surface area contributed by atoms with Crippen molar-refractivity contribution in [1.82, 2.24) is 25.6 Å². The minimum atomic E-state index is -0.193. The number of hydrogen-bond donors (Lipinski definition) is 3. The first-order valence-corrected chi connectivity index (χ1v) is 9.86. The molecule has 3 fully saturated rings. The van der Waals surface area contributed by atoms with E-state index in [-0.39, 0.29) is 29.9 Å². The summed E-state index contributed by atoms with van der Waals surface area (Å²) < 4.78 is 5.07. The Morgan fingerprint density at radius 1 is 1.39 bits per heavy atom. The second-order valence-corrected chi connectivity index (χ2v) is 8.37. The van der Waals surface area contributed by atoms with Crippen LogP contribution in [0.5, 0.6) is 0 Å². The van der Waals surface area contributed by atoms with E-state index in [0.717, 1.165) is 50.0 Å². The first-order valence-electron chi connectivity index (χ1n) is 9.86. The van der Waals surface area contributed by atoms with E-state index in [9.17, 15) is 9.59 Å². The molecule has 0 unspecified atom stereocenters. The lowest BCUT2D eigenvalue weighted by molar-refractivity contribution is -0.115. The van der Waals surface area contributed by atoms with Crippen LogP contribution in [0, 0.1) is 6.92 Å². The molecule has 3 amide bonds. The summed E-state index contributed by atoms with van der Waals surface area (Å²) in [5.74, 6) is 1.17. The number of nitrogens with one attached hydrogen (secondary N) is 3. The van der Waals surface area contributed by atoms with E-state index >= 15 is 0 Å². The van der Waals surface area contributed by atoms with Crippen LogP contribution in [0.15, 0.2) is 16.7 Å². The zero-order chi connectivity index (χ0) is 19.3. The minimum Gasteiger partial charge on any atom is -0.361 e. The number of aromatic amines is 1. The van der Waals surface area contributed by atoms with Crippen molar-refractivity contribution in [2.24, 2.45) is 0 Å². The molecule has 0 bridgehead atoms. The normalized spacial score (nSPS) is 25.3. The van der Waals surface area contributed by atoms with Gasteiger partial charge in [0.15, 0.2) is 5.82 Å². The summed E-state index contributed by atoms with van der Waals surface area (Å²) in [5, 5.41) is 17.0. The van der Waals surface area contributed by atoms with E-state index in [1.54, 1.807) is 6.07 Å². The number of anilines is 1. The standard InChI is InChI=1S/C19H24N6O3/c1-11-6-14(28-24-11)8-17(26)20-16-9-15(22-23-16)12-2-3-13(7-12)25-10-19(4-5-19)21-18(25)27/h6,9,12-13H,2-5,7-8,10H2,1H3,(H,21,27)(H2,20,22,23,26)/t12-,13+/m0/s1. The van der Waals surface area contributed by atoms with Gasteiger partial charge in [-0.1, -0.05) is 5.16 Å². The summed E-state index contributed by atoms with van der Waals surface area (Å²) in [6.45, 7) is 2.66. The average molecular weight is 384 g/mol. The van der Waals surface area contributed by atoms with Gasteiger partial charge in [-0.05, 0) is 39.0 Å². The second-order valence-electron chi connectivity index (χ2n) is 8.37. The molecule has 0 aromatic carbocycles. The summed E-state index contributed by atoms with van der Waals surface area (Å²) in [4.78, 5) is 26.4. The van der Waals surface area contributed by atoms with E-state index in [2.05, 4.69) is 26.0 Å². The van der Waals surface area contributed by atoms with Gasteiger partial charge in [-0.3, -0.25) is 9.89 Å². The third kappa shape index (κ3) is 3.25. The van der Waals surface area contributed by atoms with Crippen molar-refractivity contribution in [3.8, 4) is 0 Å². The van der Waals surface area contributed by atoms with Gasteiger partial charge >= 0.3 is 6.03 Å². The number of aryl methyl sites for hydroxylation is 1. The highest BCUT2D eigenvalue weighted by Crippen LogP contribution is 2.44. The predicted molar refractivity (Wildman–Crippen MR) is 99.7 cm³/mol. The highest BCUT2D eigenvalue weighted by molar-refractivity contribution is 5.91. The minimum absolute atomic E-state index is 0.0721. The lowest BCUT2D eigenvalue weighted by Crippen LogP contribution is -2.36. The Morgan fingerprint density at radius 3 is 2.96 bits per heavy atom. The maximum absolute atomic E-state index is 12.3. The monoisotopic (exact) mass is 384 g/mol. The van der Waals surface area contributed by atoms with Crippen molar-refractivity contribution in [2.75, 3.05) is 11.9 Å². The molecule has 9 heteroatoms. The fourth-order valence-electron chi connectivity index (χ4n) is 4.44. The van der Waals surface area contributed by atoms with Gasteiger partial charge in [0, 0.05) is 36.3 Å². The molecule has 3 aliphatic rings. The molecule has 3 heterocycles. The average Bonchev–Trinajstić information content (AvgIpc) is 3.11. The van der Waals surface area contributed by atoms with Crippen molar-refractivity contribution in [3.05, 3.63) is 29.3 Å². The van der Waals surface area contributed by atoms with Crippen molar-refractivity contribution < 1.29 is 14.1 Å². The van der Waals surface area contributed by atoms with Crippen LogP contribution in [0.4, 0.5) is 10.6 Å². The highest BCUT2D eigenvalue weighted by Gasteiger charge is 2.53. The molecule has 2 aromatic heterocycles. The lowest BCUT2D eigenvalue weighted by atomic mass is 10.0. The van der Waals surface area contributed by atoms with E-state index in [1.807, 2.05) is 17.9 Å². The molecule has 1 spiro atoms. The predicted octanol–water partition coefficient (Wildman–Crippen LogP) is 2.08. The van der Waals surface area contributed by atoms with Crippen molar-refractivity contribution in [3.63, 3.8) is 0 Å². The molecule has 2 aliphatic carbocycles. The van der Waals surface area contributed by atoms with Gasteiger partial charge in [0.25, 0.3) is 0 Å². The van der Waals surface area contributed by atoms with Gasteiger partial charge in [-0.2, -0.15) is 5.10 Å². The number of aromatic nitrogens is 3. The SMILES string of the molecule is Cc1cc(CC(=O)Nc2cc([C@H]3CC[C@@H](N4CC5(CC5)NC4=O)C3)[nH]n2)on1. The van der Waals surface area contributed by atoms with Crippen LogP contribution < -0.4 is 10.6 Å². The Kier molecular flexibility index (Phi) is 3.92. The number of amides is 3. The third-order valence-electron chi connectivity index (χ3n) is 6.12. The molecule has 5 rings (SSSR count). The zero-order valence-electron chi connectivity index (χ0n) is 15.8. The number of urea groups is 1. The van der Waals surface area contributed by atoms with Gasteiger partial charge < -0.3 is 20.1 Å². The zero-order valence-corrected chi connectivity index (χ0v) is 15.8. The topological polar surface area (TPSA) is 116 Å². The summed E-state index contributed by atoms with van der Waals surface area (Å²) in [6.07, 6.45) is 5.26. The van der Waals surface area contributed by atoms with Gasteiger partial charge in [-0.25, -0.2) is 4.79 Å². The lowest BCUT2D eigenvalue weighted by Gasteiger charge is -2.22. The first kappa shape index (κ1) is 17.3. The maximum Gasteiger partial charge on any atom is 0.318 e. The van der Waals surface area contributed by atoms with E-state index in [1.165, 1.54) is 0 Å². The third-order valence-corrected chi connectivity index (χ3v) is 6.12. The molecule has 2 atom stereocenters. The molecule has 3 N–H and O–H groups in total. The number of H-pyrrole nitrogens is 1. The first-order chi connectivity index (χ1) is 13.5. The number of rotatable bonds is 5. The molecular formula is C19H24N6O3. The highest BCUT2D eigenvalue weighted by atomic mass is 16.5. The Bertz CT molecular complexity index is 914. The van der Waals surface area contributed by atoms with E-state index in [4.69, 9.17) is 4.52 Å². The molecule has 9 nitrogen and oxygen atoms in total. The van der Waals surface area contributed by atoms with Crippen LogP contribution in [-0.4, -0.2) is 50.3 Å². The second kappa shape index (κ2) is 6.35. The molecule has 1 aliphatic heterocycles. The van der Waals surface area contributed by atoms with Crippen molar-refractivity contribution in [2.45, 2.75) is 62.9 Å². The largest absolute Gasteiger partial charge is 0.361 e. The van der Waals surface area contributed by atoms with Crippen LogP contribution in [0.1, 0.15) is 55.2 Å². The number of carbonyl (C=O) groups excluding carboxylic acids is 2. The summed E-state index contributed by atoms with van der Waals surface area (Å²) in [6, 6.07) is 4.00. The number of carbonyl (C=O) groups is 2. The fourth-order valence-corrected chi connectivity index (χ4v) is 4.44. The molecule has 1 saturated heterocycles. The molecule has 28 heavy (non-hydrogen) atoms. The molecule has 2 saturated carbocycles. The fraction of sp³-hybridized carbons (Fsp3) is 0.579. The van der Waals surface area contributed by atoms with E-state index < -0.39 is 0 Å². The molecule has 2 aromatic rings. The maximum atomic E-state index is 12.3. The van der Waals surface area contributed by atoms with Gasteiger partial charge in [-0.15, -0.1) is 0 Å². The summed E-state index contributed by atoms with van der Waals surface area (Å²) in [5.41, 5.74) is 1.83. The Morgan fingerprint density at radius 2 is 2.25 bits per heavy atom. The number of nitrogens with zero attached hydrogens (tertiary/aromatic N) is 3. The summed E-state index contributed by atoms with van der Waals surface area (Å²) >= 11 is 0. The number of hydrogen-bond acceptors (Lipinski definition) is 5. The van der Waals surface area contributed by atoms with E-state index in [0.29, 0.717) is 17.5 Å². The van der Waals surface area contributed by atoms with Crippen LogP contribution >= 0.6 is 0 Å². The quantitative estimate of drug-likeness (QED) is 0.730. The van der Waals surface area contributed by atoms with Crippen molar-refractivity contribution in [1.29, 1.82) is 0 Å². The van der Waals surface area contributed by atoms with Crippen LogP contribution in [-0.2, 0) is 11.2 Å². The smallest absolute Gasteiger partial charge is 0.318 e. The molecule has 148 valence electrons. The van der Waals surface area contributed by atoms with Crippen molar-refractivity contribution >= 4 is 17.8 Å². The van der Waals surface area contributed by atoms with Crippen LogP contribution in [0.25, 0.3) is 0 Å². The Balaban J connectivity index is 1.17. The molecular weight excluding hydrogens is 360 g/mol. The Labute approximate surface area is 162 Å². The molecule has 0 radical (unpaired) electrons.